The predicted molar refractivity (Wildman–Crippen MR) is 114 cm³/mol. The number of hydrogen-bond donors (Lipinski definition) is 2. The molecule has 7 heteroatoms. The number of benzene rings is 2. The van der Waals surface area contributed by atoms with Crippen LogP contribution in [0.25, 0.3) is 0 Å². The highest BCUT2D eigenvalue weighted by Gasteiger charge is 2.28. The Morgan fingerprint density at radius 1 is 1.10 bits per heavy atom. The molecule has 0 saturated heterocycles. The lowest BCUT2D eigenvalue weighted by Gasteiger charge is -2.21. The fourth-order valence-corrected chi connectivity index (χ4v) is 4.29. The van der Waals surface area contributed by atoms with E-state index in [1.165, 1.54) is 12.1 Å². The molecular formula is C22H28N2O4S. The van der Waals surface area contributed by atoms with Crippen molar-refractivity contribution in [1.29, 1.82) is 0 Å². The number of methoxy groups -OCH3 is 1. The summed E-state index contributed by atoms with van der Waals surface area (Å²) in [7, 11) is -2.09. The van der Waals surface area contributed by atoms with Gasteiger partial charge in [0.25, 0.3) is 5.91 Å². The van der Waals surface area contributed by atoms with Gasteiger partial charge in [-0.25, -0.2) is 13.1 Å². The van der Waals surface area contributed by atoms with Gasteiger partial charge in [0.2, 0.25) is 10.0 Å². The van der Waals surface area contributed by atoms with Crippen LogP contribution in [0.4, 0.5) is 5.69 Å². The summed E-state index contributed by atoms with van der Waals surface area (Å²) < 4.78 is 33.1. The Hall–Kier alpha value is -2.38. The molecule has 29 heavy (non-hydrogen) atoms. The first-order chi connectivity index (χ1) is 13.5. The average Bonchev–Trinajstić information content (AvgIpc) is 3.44. The third-order valence-electron chi connectivity index (χ3n) is 4.98. The standard InChI is InChI=1S/C22H28N2O4S/c1-14-6-10-17(29(26,27)24-16-8-9-16)13-18(14)21(25)23-19-12-15(22(2,3)4)7-11-20(19)28-5/h6-7,10-13,16,24H,8-9H2,1-5H3,(H,23,25). The number of anilines is 1. The van der Waals surface area contributed by atoms with E-state index in [-0.39, 0.29) is 22.3 Å². The second-order valence-electron chi connectivity index (χ2n) is 8.49. The topological polar surface area (TPSA) is 84.5 Å². The van der Waals surface area contributed by atoms with Crippen molar-refractivity contribution in [2.24, 2.45) is 0 Å². The van der Waals surface area contributed by atoms with Crippen LogP contribution in [0.5, 0.6) is 5.75 Å². The van der Waals surface area contributed by atoms with Crippen molar-refractivity contribution < 1.29 is 17.9 Å². The zero-order valence-electron chi connectivity index (χ0n) is 17.5. The van der Waals surface area contributed by atoms with Crippen molar-refractivity contribution in [1.82, 2.24) is 4.72 Å². The van der Waals surface area contributed by atoms with E-state index in [4.69, 9.17) is 4.74 Å². The molecule has 0 unspecified atom stereocenters. The number of aryl methyl sites for hydroxylation is 1. The number of nitrogens with one attached hydrogen (secondary N) is 2. The van der Waals surface area contributed by atoms with Gasteiger partial charge >= 0.3 is 0 Å². The minimum atomic E-state index is -3.64. The van der Waals surface area contributed by atoms with Gasteiger partial charge in [-0.1, -0.05) is 32.9 Å². The lowest BCUT2D eigenvalue weighted by molar-refractivity contribution is 0.102. The second-order valence-corrected chi connectivity index (χ2v) is 10.2. The van der Waals surface area contributed by atoms with Crippen LogP contribution in [0, 0.1) is 6.92 Å². The predicted octanol–water partition coefficient (Wildman–Crippen LogP) is 3.99. The van der Waals surface area contributed by atoms with Crippen LogP contribution in [0.2, 0.25) is 0 Å². The third-order valence-corrected chi connectivity index (χ3v) is 6.50. The molecule has 0 aromatic heterocycles. The van der Waals surface area contributed by atoms with Crippen LogP contribution in [-0.4, -0.2) is 27.5 Å². The number of carbonyl (C=O) groups excluding carboxylic acids is 1. The minimum absolute atomic E-state index is 0.00276. The Kier molecular flexibility index (Phi) is 5.74. The Balaban J connectivity index is 1.92. The van der Waals surface area contributed by atoms with E-state index in [1.54, 1.807) is 20.1 Å². The van der Waals surface area contributed by atoms with E-state index in [9.17, 15) is 13.2 Å². The van der Waals surface area contributed by atoms with Gasteiger partial charge in [-0.15, -0.1) is 0 Å². The van der Waals surface area contributed by atoms with Crippen LogP contribution in [-0.2, 0) is 15.4 Å². The molecule has 0 bridgehead atoms. The Labute approximate surface area is 172 Å². The summed E-state index contributed by atoms with van der Waals surface area (Å²) in [4.78, 5) is 13.1. The average molecular weight is 417 g/mol. The second kappa shape index (κ2) is 7.80. The summed E-state index contributed by atoms with van der Waals surface area (Å²) in [5.74, 6) is 0.165. The van der Waals surface area contributed by atoms with E-state index in [1.807, 2.05) is 18.2 Å². The molecule has 2 aromatic rings. The number of amides is 1. The van der Waals surface area contributed by atoms with Crippen molar-refractivity contribution >= 4 is 21.6 Å². The monoisotopic (exact) mass is 416 g/mol. The molecule has 156 valence electrons. The van der Waals surface area contributed by atoms with Crippen molar-refractivity contribution in [3.8, 4) is 5.75 Å². The molecule has 1 aliphatic rings. The van der Waals surface area contributed by atoms with Gasteiger partial charge in [0.05, 0.1) is 17.7 Å². The Morgan fingerprint density at radius 3 is 2.38 bits per heavy atom. The molecule has 1 fully saturated rings. The van der Waals surface area contributed by atoms with E-state index in [0.717, 1.165) is 18.4 Å². The van der Waals surface area contributed by atoms with Gasteiger partial charge < -0.3 is 10.1 Å². The van der Waals surface area contributed by atoms with Gasteiger partial charge in [-0.2, -0.15) is 0 Å². The number of hydrogen-bond acceptors (Lipinski definition) is 4. The maximum Gasteiger partial charge on any atom is 0.256 e. The zero-order chi connectivity index (χ0) is 21.4. The Morgan fingerprint density at radius 2 is 1.79 bits per heavy atom. The molecule has 0 spiro atoms. The van der Waals surface area contributed by atoms with Crippen molar-refractivity contribution in [2.45, 2.75) is 56.9 Å². The summed E-state index contributed by atoms with van der Waals surface area (Å²) in [6, 6.07) is 10.3. The van der Waals surface area contributed by atoms with Gasteiger partial charge in [0.1, 0.15) is 5.75 Å². The molecule has 1 aliphatic carbocycles. The molecule has 2 aromatic carbocycles. The molecule has 2 N–H and O–H groups in total. The Bertz CT molecular complexity index is 1040. The van der Waals surface area contributed by atoms with Crippen LogP contribution in [0.15, 0.2) is 41.3 Å². The third kappa shape index (κ3) is 4.97. The molecule has 0 atom stereocenters. The van der Waals surface area contributed by atoms with E-state index in [0.29, 0.717) is 22.6 Å². The lowest BCUT2D eigenvalue weighted by atomic mass is 9.87. The summed E-state index contributed by atoms with van der Waals surface area (Å²) >= 11 is 0. The maximum atomic E-state index is 13.0. The maximum absolute atomic E-state index is 13.0. The largest absolute Gasteiger partial charge is 0.495 e. The molecule has 0 radical (unpaired) electrons. The lowest BCUT2D eigenvalue weighted by Crippen LogP contribution is -2.26. The molecule has 1 saturated carbocycles. The molecular weight excluding hydrogens is 388 g/mol. The van der Waals surface area contributed by atoms with Gasteiger partial charge in [0, 0.05) is 11.6 Å². The first-order valence-corrected chi connectivity index (χ1v) is 11.1. The van der Waals surface area contributed by atoms with Gasteiger partial charge in [0.15, 0.2) is 0 Å². The van der Waals surface area contributed by atoms with E-state index in [2.05, 4.69) is 30.8 Å². The highest BCUT2D eigenvalue weighted by molar-refractivity contribution is 7.89. The van der Waals surface area contributed by atoms with Crippen LogP contribution in [0.3, 0.4) is 0 Å². The van der Waals surface area contributed by atoms with Crippen molar-refractivity contribution in [3.05, 3.63) is 53.1 Å². The van der Waals surface area contributed by atoms with Crippen LogP contribution >= 0.6 is 0 Å². The number of carbonyl (C=O) groups is 1. The van der Waals surface area contributed by atoms with Crippen LogP contribution in [0.1, 0.15) is 55.1 Å². The quantitative estimate of drug-likeness (QED) is 0.746. The normalized spacial score (nSPS) is 14.5. The first-order valence-electron chi connectivity index (χ1n) is 9.64. The fourth-order valence-electron chi connectivity index (χ4n) is 2.96. The smallest absolute Gasteiger partial charge is 0.256 e. The summed E-state index contributed by atoms with van der Waals surface area (Å²) in [6.07, 6.45) is 1.70. The number of ether oxygens (including phenoxy) is 1. The summed E-state index contributed by atoms with van der Waals surface area (Å²) in [5.41, 5.74) is 2.51. The minimum Gasteiger partial charge on any atom is -0.495 e. The fraction of sp³-hybridized carbons (Fsp3) is 0.409. The van der Waals surface area contributed by atoms with Gasteiger partial charge in [-0.3, -0.25) is 4.79 Å². The molecule has 0 aliphatic heterocycles. The number of sulfonamides is 1. The van der Waals surface area contributed by atoms with Gasteiger partial charge in [-0.05, 0) is 60.6 Å². The molecule has 0 heterocycles. The first kappa shape index (κ1) is 21.3. The molecule has 6 nitrogen and oxygen atoms in total. The number of rotatable bonds is 6. The summed E-state index contributed by atoms with van der Waals surface area (Å²) in [6.45, 7) is 8.05. The van der Waals surface area contributed by atoms with E-state index < -0.39 is 10.0 Å². The molecule has 3 rings (SSSR count). The zero-order valence-corrected chi connectivity index (χ0v) is 18.3. The summed E-state index contributed by atoms with van der Waals surface area (Å²) in [5, 5.41) is 2.88. The van der Waals surface area contributed by atoms with E-state index >= 15 is 0 Å². The molecule has 1 amide bonds. The highest BCUT2D eigenvalue weighted by Crippen LogP contribution is 2.32. The van der Waals surface area contributed by atoms with Crippen molar-refractivity contribution in [2.75, 3.05) is 12.4 Å². The SMILES string of the molecule is COc1ccc(C(C)(C)C)cc1NC(=O)c1cc(S(=O)(=O)NC2CC2)ccc1C. The highest BCUT2D eigenvalue weighted by atomic mass is 32.2. The van der Waals surface area contributed by atoms with Crippen molar-refractivity contribution in [3.63, 3.8) is 0 Å². The van der Waals surface area contributed by atoms with Crippen LogP contribution < -0.4 is 14.8 Å².